The van der Waals surface area contributed by atoms with Crippen LogP contribution >= 0.6 is 0 Å². The lowest BCUT2D eigenvalue weighted by atomic mass is 10.1. The predicted octanol–water partition coefficient (Wildman–Crippen LogP) is 0.391. The molecule has 1 atom stereocenters. The highest BCUT2D eigenvalue weighted by atomic mass is 19.1. The van der Waals surface area contributed by atoms with E-state index in [9.17, 15) is 14.3 Å². The summed E-state index contributed by atoms with van der Waals surface area (Å²) in [5, 5.41) is 15.4. The van der Waals surface area contributed by atoms with Crippen LogP contribution in [-0.2, 0) is 16.1 Å². The summed E-state index contributed by atoms with van der Waals surface area (Å²) in [7, 11) is 0. The Kier molecular flexibility index (Phi) is 5.65. The summed E-state index contributed by atoms with van der Waals surface area (Å²) in [5.74, 6) is -0.481. The lowest BCUT2D eigenvalue weighted by Gasteiger charge is -2.31. The van der Waals surface area contributed by atoms with Gasteiger partial charge in [-0.2, -0.15) is 0 Å². The van der Waals surface area contributed by atoms with E-state index < -0.39 is 6.10 Å². The van der Waals surface area contributed by atoms with E-state index in [1.54, 1.807) is 6.07 Å². The summed E-state index contributed by atoms with van der Waals surface area (Å²) in [6, 6.07) is 5.03. The van der Waals surface area contributed by atoms with Crippen molar-refractivity contribution >= 4 is 11.6 Å². The second kappa shape index (κ2) is 7.92. The third kappa shape index (κ3) is 4.23. The molecule has 1 amide bonds. The van der Waals surface area contributed by atoms with Crippen molar-refractivity contribution in [2.75, 3.05) is 37.7 Å². The number of nitrogens with one attached hydrogen (secondary N) is 2. The smallest absolute Gasteiger partial charge is 0.250 e. The Morgan fingerprint density at radius 2 is 2.21 bits per heavy atom. The zero-order chi connectivity index (χ0) is 16.9. The van der Waals surface area contributed by atoms with Gasteiger partial charge in [-0.1, -0.05) is 6.07 Å². The normalized spacial score (nSPS) is 22.4. The lowest BCUT2D eigenvalue weighted by Crippen LogP contribution is -2.47. The maximum absolute atomic E-state index is 14.4. The van der Waals surface area contributed by atoms with Crippen molar-refractivity contribution < 1.29 is 19.0 Å². The molecule has 2 fully saturated rings. The van der Waals surface area contributed by atoms with Crippen molar-refractivity contribution in [3.05, 3.63) is 29.6 Å². The Bertz CT molecular complexity index is 570. The molecular formula is C17H24FN3O3. The molecule has 1 aromatic carbocycles. The minimum atomic E-state index is -0.484. The Hall–Kier alpha value is -1.70. The molecule has 2 aliphatic heterocycles. The molecule has 6 nitrogen and oxygen atoms in total. The fraction of sp³-hybridized carbons (Fsp3) is 0.588. The van der Waals surface area contributed by atoms with E-state index in [0.29, 0.717) is 50.3 Å². The van der Waals surface area contributed by atoms with Crippen molar-refractivity contribution in [3.63, 3.8) is 0 Å². The van der Waals surface area contributed by atoms with Gasteiger partial charge < -0.3 is 25.4 Å². The van der Waals surface area contributed by atoms with Gasteiger partial charge in [-0.05, 0) is 30.5 Å². The van der Waals surface area contributed by atoms with Crippen molar-refractivity contribution in [1.29, 1.82) is 0 Å². The number of hydrogen-bond donors (Lipinski definition) is 3. The SMILES string of the molecule is O=C(NCc1ccc(N2CCC(O)CC2)c(F)c1)C1CNCCO1. The van der Waals surface area contributed by atoms with Gasteiger partial charge in [0.15, 0.2) is 0 Å². The molecule has 1 aromatic rings. The zero-order valence-corrected chi connectivity index (χ0v) is 13.6. The average Bonchev–Trinajstić information content (AvgIpc) is 2.61. The molecule has 3 rings (SSSR count). The van der Waals surface area contributed by atoms with Gasteiger partial charge in [0.05, 0.1) is 18.4 Å². The number of aliphatic hydroxyl groups is 1. The molecule has 0 aromatic heterocycles. The first-order chi connectivity index (χ1) is 11.6. The van der Waals surface area contributed by atoms with Crippen molar-refractivity contribution in [3.8, 4) is 0 Å². The fourth-order valence-corrected chi connectivity index (χ4v) is 3.06. The van der Waals surface area contributed by atoms with Crippen molar-refractivity contribution in [2.24, 2.45) is 0 Å². The number of piperidine rings is 1. The first-order valence-corrected chi connectivity index (χ1v) is 8.45. The molecule has 2 aliphatic rings. The van der Waals surface area contributed by atoms with Gasteiger partial charge in [0, 0.05) is 32.7 Å². The number of carbonyl (C=O) groups is 1. The monoisotopic (exact) mass is 337 g/mol. The molecule has 0 bridgehead atoms. The molecule has 7 heteroatoms. The molecular weight excluding hydrogens is 313 g/mol. The first kappa shape index (κ1) is 17.1. The third-order valence-electron chi connectivity index (χ3n) is 4.50. The van der Waals surface area contributed by atoms with Crippen LogP contribution in [0.3, 0.4) is 0 Å². The maximum Gasteiger partial charge on any atom is 0.250 e. The Balaban J connectivity index is 1.55. The highest BCUT2D eigenvalue weighted by Gasteiger charge is 2.22. The summed E-state index contributed by atoms with van der Waals surface area (Å²) in [6.07, 6.45) is 0.553. The second-order valence-electron chi connectivity index (χ2n) is 6.29. The number of morpholine rings is 1. The summed E-state index contributed by atoms with van der Waals surface area (Å²) in [5.41, 5.74) is 1.27. The molecule has 0 aliphatic carbocycles. The molecule has 24 heavy (non-hydrogen) atoms. The van der Waals surface area contributed by atoms with Crippen LogP contribution in [0.1, 0.15) is 18.4 Å². The Labute approximate surface area is 141 Å². The van der Waals surface area contributed by atoms with Gasteiger partial charge in [-0.3, -0.25) is 4.79 Å². The number of rotatable bonds is 4. The van der Waals surface area contributed by atoms with E-state index in [0.717, 1.165) is 6.54 Å². The van der Waals surface area contributed by atoms with Gasteiger partial charge in [-0.15, -0.1) is 0 Å². The molecule has 2 saturated heterocycles. The van der Waals surface area contributed by atoms with E-state index in [-0.39, 0.29) is 24.4 Å². The number of hydrogen-bond acceptors (Lipinski definition) is 5. The number of halogens is 1. The highest BCUT2D eigenvalue weighted by molar-refractivity contribution is 5.81. The molecule has 1 unspecified atom stereocenters. The van der Waals surface area contributed by atoms with Crippen LogP contribution in [0, 0.1) is 5.82 Å². The van der Waals surface area contributed by atoms with Crippen molar-refractivity contribution in [2.45, 2.75) is 31.6 Å². The average molecular weight is 337 g/mol. The summed E-state index contributed by atoms with van der Waals surface area (Å²) in [6.45, 7) is 3.35. The van der Waals surface area contributed by atoms with Gasteiger partial charge in [0.25, 0.3) is 5.91 Å². The van der Waals surface area contributed by atoms with Gasteiger partial charge in [-0.25, -0.2) is 4.39 Å². The topological polar surface area (TPSA) is 73.8 Å². The highest BCUT2D eigenvalue weighted by Crippen LogP contribution is 2.24. The second-order valence-corrected chi connectivity index (χ2v) is 6.29. The summed E-state index contributed by atoms with van der Waals surface area (Å²) < 4.78 is 19.7. The van der Waals surface area contributed by atoms with E-state index in [1.165, 1.54) is 6.07 Å². The molecule has 0 spiro atoms. The van der Waals surface area contributed by atoms with E-state index in [4.69, 9.17) is 4.74 Å². The number of ether oxygens (including phenoxy) is 1. The molecule has 0 saturated carbocycles. The molecule has 0 radical (unpaired) electrons. The quantitative estimate of drug-likeness (QED) is 0.741. The lowest BCUT2D eigenvalue weighted by molar-refractivity contribution is -0.134. The number of benzene rings is 1. The predicted molar refractivity (Wildman–Crippen MR) is 88.3 cm³/mol. The minimum Gasteiger partial charge on any atom is -0.393 e. The van der Waals surface area contributed by atoms with Crippen LogP contribution in [0.5, 0.6) is 0 Å². The molecule has 132 valence electrons. The Morgan fingerprint density at radius 1 is 1.42 bits per heavy atom. The Morgan fingerprint density at radius 3 is 2.88 bits per heavy atom. The number of nitrogens with zero attached hydrogens (tertiary/aromatic N) is 1. The standard InChI is InChI=1S/C17H24FN3O3/c18-14-9-12(10-20-17(23)16-11-19-5-8-24-16)1-2-15(14)21-6-3-13(22)4-7-21/h1-2,9,13,16,19,22H,3-8,10-11H2,(H,20,23). The van der Waals surface area contributed by atoms with Crippen LogP contribution in [0.2, 0.25) is 0 Å². The van der Waals surface area contributed by atoms with Crippen LogP contribution < -0.4 is 15.5 Å². The van der Waals surface area contributed by atoms with Crippen LogP contribution in [0.4, 0.5) is 10.1 Å². The van der Waals surface area contributed by atoms with Crippen LogP contribution in [0.25, 0.3) is 0 Å². The largest absolute Gasteiger partial charge is 0.393 e. The number of amides is 1. The van der Waals surface area contributed by atoms with E-state index in [2.05, 4.69) is 10.6 Å². The minimum absolute atomic E-state index is 0.184. The van der Waals surface area contributed by atoms with Gasteiger partial charge in [0.1, 0.15) is 11.9 Å². The first-order valence-electron chi connectivity index (χ1n) is 8.45. The zero-order valence-electron chi connectivity index (χ0n) is 13.6. The third-order valence-corrected chi connectivity index (χ3v) is 4.50. The number of carbonyl (C=O) groups excluding carboxylic acids is 1. The van der Waals surface area contributed by atoms with Crippen LogP contribution in [0.15, 0.2) is 18.2 Å². The molecule has 3 N–H and O–H groups in total. The summed E-state index contributed by atoms with van der Waals surface area (Å²) >= 11 is 0. The van der Waals surface area contributed by atoms with E-state index >= 15 is 0 Å². The van der Waals surface area contributed by atoms with E-state index in [1.807, 2.05) is 11.0 Å². The number of aliphatic hydroxyl groups excluding tert-OH is 1. The van der Waals surface area contributed by atoms with Crippen molar-refractivity contribution in [1.82, 2.24) is 10.6 Å². The maximum atomic E-state index is 14.4. The fourth-order valence-electron chi connectivity index (χ4n) is 3.06. The van der Waals surface area contributed by atoms with Gasteiger partial charge >= 0.3 is 0 Å². The summed E-state index contributed by atoms with van der Waals surface area (Å²) in [4.78, 5) is 13.9. The van der Waals surface area contributed by atoms with Crippen LogP contribution in [-0.4, -0.2) is 56.0 Å². The van der Waals surface area contributed by atoms with Gasteiger partial charge in [0.2, 0.25) is 0 Å². The molecule has 2 heterocycles. The number of anilines is 1.